The lowest BCUT2D eigenvalue weighted by Crippen LogP contribution is -2.08. The van der Waals surface area contributed by atoms with E-state index in [4.69, 9.17) is 4.84 Å². The Morgan fingerprint density at radius 2 is 1.93 bits per heavy atom. The van der Waals surface area contributed by atoms with Gasteiger partial charge in [-0.05, 0) is 42.0 Å². The largest absolute Gasteiger partial charge is 0.391 e. The average molecular weight is 364 g/mol. The number of rotatable bonds is 7. The fourth-order valence-electron chi connectivity index (χ4n) is 2.61. The third-order valence-electron chi connectivity index (χ3n) is 4.04. The molecule has 0 amide bonds. The van der Waals surface area contributed by atoms with Gasteiger partial charge in [-0.2, -0.15) is 0 Å². The third-order valence-corrected chi connectivity index (χ3v) is 4.04. The molecule has 0 atom stereocenters. The number of nitro benzene ring substituents is 1. The molecule has 138 valence electrons. The van der Waals surface area contributed by atoms with Gasteiger partial charge in [-0.25, -0.2) is 0 Å². The molecule has 0 aliphatic carbocycles. The van der Waals surface area contributed by atoms with E-state index in [9.17, 15) is 10.1 Å². The predicted molar refractivity (Wildman–Crippen MR) is 106 cm³/mol. The zero-order valence-electron chi connectivity index (χ0n) is 15.1. The van der Waals surface area contributed by atoms with Gasteiger partial charge in [0.15, 0.2) is 0 Å². The minimum absolute atomic E-state index is 0.0372. The normalized spacial score (nSPS) is 10.9. The maximum atomic E-state index is 10.8. The Labute approximate surface area is 157 Å². The molecule has 1 aromatic heterocycles. The van der Waals surface area contributed by atoms with Crippen LogP contribution in [0.5, 0.6) is 0 Å². The molecule has 0 saturated carbocycles. The molecule has 0 saturated heterocycles. The highest BCUT2D eigenvalue weighted by Crippen LogP contribution is 2.17. The standard InChI is InChI=1S/C20H20N4O3/c1-22(2)17-8-10-18(11-9-17)23-12-4-7-20(23)14-21-27-15-16-5-3-6-19(13-16)24(25)26/h3-14H,15H2,1-2H3/b21-14-. The number of nitro groups is 1. The van der Waals surface area contributed by atoms with Crippen molar-refractivity contribution in [1.29, 1.82) is 0 Å². The van der Waals surface area contributed by atoms with E-state index in [1.165, 1.54) is 12.1 Å². The zero-order chi connectivity index (χ0) is 19.2. The fourth-order valence-corrected chi connectivity index (χ4v) is 2.61. The molecule has 3 rings (SSSR count). The summed E-state index contributed by atoms with van der Waals surface area (Å²) in [5.41, 5.74) is 3.74. The van der Waals surface area contributed by atoms with Crippen molar-refractivity contribution in [2.24, 2.45) is 5.16 Å². The van der Waals surface area contributed by atoms with E-state index in [1.807, 2.05) is 54.0 Å². The molecule has 2 aromatic carbocycles. The monoisotopic (exact) mass is 364 g/mol. The second-order valence-electron chi connectivity index (χ2n) is 6.15. The van der Waals surface area contributed by atoms with Crippen molar-refractivity contribution >= 4 is 17.6 Å². The van der Waals surface area contributed by atoms with E-state index < -0.39 is 4.92 Å². The predicted octanol–water partition coefficient (Wildman–Crippen LogP) is 4.00. The second kappa shape index (κ2) is 8.18. The smallest absolute Gasteiger partial charge is 0.269 e. The number of hydrogen-bond donors (Lipinski definition) is 0. The average Bonchev–Trinajstić information content (AvgIpc) is 3.14. The molecule has 0 aliphatic rings. The minimum Gasteiger partial charge on any atom is -0.391 e. The third kappa shape index (κ3) is 4.52. The van der Waals surface area contributed by atoms with Gasteiger partial charge in [-0.15, -0.1) is 0 Å². The molecule has 0 spiro atoms. The maximum absolute atomic E-state index is 10.8. The summed E-state index contributed by atoms with van der Waals surface area (Å²) in [4.78, 5) is 17.7. The topological polar surface area (TPSA) is 72.9 Å². The van der Waals surface area contributed by atoms with Crippen LogP contribution in [0.25, 0.3) is 5.69 Å². The SMILES string of the molecule is CN(C)c1ccc(-n2cccc2/C=N\OCc2cccc([N+](=O)[O-])c2)cc1. The van der Waals surface area contributed by atoms with Crippen molar-refractivity contribution < 1.29 is 9.76 Å². The molecular weight excluding hydrogens is 344 g/mol. The van der Waals surface area contributed by atoms with E-state index in [0.717, 1.165) is 17.1 Å². The highest BCUT2D eigenvalue weighted by Gasteiger charge is 2.06. The Balaban J connectivity index is 1.66. The van der Waals surface area contributed by atoms with E-state index in [0.29, 0.717) is 5.56 Å². The van der Waals surface area contributed by atoms with Crippen LogP contribution >= 0.6 is 0 Å². The lowest BCUT2D eigenvalue weighted by Gasteiger charge is -2.13. The summed E-state index contributed by atoms with van der Waals surface area (Å²) in [7, 11) is 4.00. The first kappa shape index (κ1) is 18.2. The van der Waals surface area contributed by atoms with Crippen LogP contribution in [0.3, 0.4) is 0 Å². The molecule has 0 aliphatic heterocycles. The van der Waals surface area contributed by atoms with Gasteiger partial charge in [-0.1, -0.05) is 17.3 Å². The molecular formula is C20H20N4O3. The zero-order valence-corrected chi connectivity index (χ0v) is 15.1. The number of hydrogen-bond acceptors (Lipinski definition) is 5. The fraction of sp³-hybridized carbons (Fsp3) is 0.150. The molecule has 27 heavy (non-hydrogen) atoms. The van der Waals surface area contributed by atoms with Crippen LogP contribution in [0, 0.1) is 10.1 Å². The maximum Gasteiger partial charge on any atom is 0.269 e. The lowest BCUT2D eigenvalue weighted by molar-refractivity contribution is -0.384. The van der Waals surface area contributed by atoms with E-state index in [1.54, 1.807) is 18.3 Å². The van der Waals surface area contributed by atoms with Crippen molar-refractivity contribution in [2.45, 2.75) is 6.61 Å². The lowest BCUT2D eigenvalue weighted by atomic mass is 10.2. The molecule has 7 heteroatoms. The summed E-state index contributed by atoms with van der Waals surface area (Å²) in [5, 5.41) is 14.8. The summed E-state index contributed by atoms with van der Waals surface area (Å²) < 4.78 is 2.00. The first-order chi connectivity index (χ1) is 13.0. The highest BCUT2D eigenvalue weighted by atomic mass is 16.6. The van der Waals surface area contributed by atoms with Crippen LogP contribution in [-0.2, 0) is 11.4 Å². The number of benzene rings is 2. The van der Waals surface area contributed by atoms with Crippen molar-refractivity contribution in [3.05, 3.63) is 88.2 Å². The van der Waals surface area contributed by atoms with Gasteiger partial charge in [0.1, 0.15) is 6.61 Å². The molecule has 3 aromatic rings. The summed E-state index contributed by atoms with van der Waals surface area (Å²) in [6.07, 6.45) is 3.57. The molecule has 1 heterocycles. The summed E-state index contributed by atoms with van der Waals surface area (Å²) in [5.74, 6) is 0. The van der Waals surface area contributed by atoms with Crippen LogP contribution in [0.4, 0.5) is 11.4 Å². The van der Waals surface area contributed by atoms with Crippen LogP contribution in [0.15, 0.2) is 72.0 Å². The highest BCUT2D eigenvalue weighted by molar-refractivity contribution is 5.78. The molecule has 7 nitrogen and oxygen atoms in total. The van der Waals surface area contributed by atoms with Gasteiger partial charge in [0.2, 0.25) is 0 Å². The van der Waals surface area contributed by atoms with E-state index in [-0.39, 0.29) is 12.3 Å². The quantitative estimate of drug-likeness (QED) is 0.361. The first-order valence-electron chi connectivity index (χ1n) is 8.38. The van der Waals surface area contributed by atoms with Crippen molar-refractivity contribution in [1.82, 2.24) is 4.57 Å². The van der Waals surface area contributed by atoms with Crippen LogP contribution < -0.4 is 4.90 Å². The van der Waals surface area contributed by atoms with Gasteiger partial charge < -0.3 is 14.3 Å². The van der Waals surface area contributed by atoms with Crippen LogP contribution in [0.1, 0.15) is 11.3 Å². The molecule has 0 radical (unpaired) electrons. The number of aromatic nitrogens is 1. The number of anilines is 1. The molecule has 0 fully saturated rings. The molecule has 0 bridgehead atoms. The van der Waals surface area contributed by atoms with Crippen molar-refractivity contribution in [3.63, 3.8) is 0 Å². The Morgan fingerprint density at radius 1 is 1.15 bits per heavy atom. The Hall–Kier alpha value is -3.61. The van der Waals surface area contributed by atoms with Gasteiger partial charge in [-0.3, -0.25) is 10.1 Å². The number of non-ortho nitro benzene ring substituents is 1. The van der Waals surface area contributed by atoms with E-state index >= 15 is 0 Å². The summed E-state index contributed by atoms with van der Waals surface area (Å²) >= 11 is 0. The Kier molecular flexibility index (Phi) is 5.51. The number of nitrogens with zero attached hydrogens (tertiary/aromatic N) is 4. The molecule has 0 N–H and O–H groups in total. The van der Waals surface area contributed by atoms with E-state index in [2.05, 4.69) is 17.3 Å². The van der Waals surface area contributed by atoms with Gasteiger partial charge in [0, 0.05) is 43.8 Å². The van der Waals surface area contributed by atoms with Crippen LogP contribution in [0.2, 0.25) is 0 Å². The Bertz CT molecular complexity index is 946. The van der Waals surface area contributed by atoms with Crippen molar-refractivity contribution in [3.8, 4) is 5.69 Å². The Morgan fingerprint density at radius 3 is 2.63 bits per heavy atom. The first-order valence-corrected chi connectivity index (χ1v) is 8.38. The summed E-state index contributed by atoms with van der Waals surface area (Å²) in [6.45, 7) is 0.163. The van der Waals surface area contributed by atoms with Gasteiger partial charge >= 0.3 is 0 Å². The second-order valence-corrected chi connectivity index (χ2v) is 6.15. The minimum atomic E-state index is -0.429. The van der Waals surface area contributed by atoms with Gasteiger partial charge in [0.05, 0.1) is 16.8 Å². The van der Waals surface area contributed by atoms with Gasteiger partial charge in [0.25, 0.3) is 5.69 Å². The summed E-state index contributed by atoms with van der Waals surface area (Å²) in [6, 6.07) is 18.4. The number of oxime groups is 1. The molecule has 0 unspecified atom stereocenters. The van der Waals surface area contributed by atoms with Crippen molar-refractivity contribution in [2.75, 3.05) is 19.0 Å². The van der Waals surface area contributed by atoms with Crippen LogP contribution in [-0.4, -0.2) is 29.8 Å².